The molecule has 0 spiro atoms. The lowest BCUT2D eigenvalue weighted by atomic mass is 9.76. The summed E-state index contributed by atoms with van der Waals surface area (Å²) in [6.07, 6.45) is 7.72. The molecule has 3 nitrogen and oxygen atoms in total. The Balaban J connectivity index is 1.12. The molecular weight excluding hydrogens is 556 g/mol. The van der Waals surface area contributed by atoms with E-state index in [2.05, 4.69) is 82.8 Å². The average Bonchev–Trinajstić information content (AvgIpc) is 3.43. The zero-order valence-corrected chi connectivity index (χ0v) is 23.4. The molecule has 0 amide bonds. The maximum atomic E-state index is 5.96. The molecule has 1 aliphatic heterocycles. The van der Waals surface area contributed by atoms with Crippen LogP contribution in [0.1, 0.15) is 46.2 Å². The molecule has 0 fully saturated rings. The number of aliphatic imine (C=N–C) groups is 1. The molecule has 4 aromatic rings. The van der Waals surface area contributed by atoms with Crippen molar-refractivity contribution in [3.05, 3.63) is 134 Å². The summed E-state index contributed by atoms with van der Waals surface area (Å²) in [5, 5.41) is 4.54. The number of rotatable bonds is 6. The number of nitrogens with one attached hydrogen (secondary N) is 1. The first-order valence-electron chi connectivity index (χ1n) is 12.9. The summed E-state index contributed by atoms with van der Waals surface area (Å²) in [4.78, 5) is 4.72. The standard InChI is InChI=1S/C33H28BrClN2O/c1-21-5-15-31-29(17-21)27-3-2-4-28(27)33(37-31)24-9-13-26(14-10-24)36-19-23-8-16-32(30(34)18-23)38-20-22-6-11-25(35)12-7-22/h2-3,5-19,27-28,33,37H,4,20H2,1H3/t27-,28-,33+/m1/s1. The molecule has 0 saturated carbocycles. The van der Waals surface area contributed by atoms with E-state index >= 15 is 0 Å². The van der Waals surface area contributed by atoms with Crippen LogP contribution >= 0.6 is 27.5 Å². The van der Waals surface area contributed by atoms with Gasteiger partial charge in [-0.05, 0) is 106 Å². The van der Waals surface area contributed by atoms with Crippen LogP contribution in [-0.4, -0.2) is 6.21 Å². The van der Waals surface area contributed by atoms with Crippen molar-refractivity contribution in [1.82, 2.24) is 0 Å². The normalized spacial score (nSPS) is 19.7. The van der Waals surface area contributed by atoms with Gasteiger partial charge in [0.15, 0.2) is 0 Å². The minimum Gasteiger partial charge on any atom is -0.488 e. The SMILES string of the molecule is Cc1ccc2c(c1)[C@@H]1C=CC[C@H]1[C@H](c1ccc(N=Cc3ccc(OCc4ccc(Cl)cc4)c(Br)c3)cc1)N2. The Morgan fingerprint density at radius 2 is 1.82 bits per heavy atom. The number of hydrogen-bond acceptors (Lipinski definition) is 3. The predicted molar refractivity (Wildman–Crippen MR) is 161 cm³/mol. The minimum atomic E-state index is 0.291. The summed E-state index contributed by atoms with van der Waals surface area (Å²) in [6.45, 7) is 2.65. The third-order valence-corrected chi connectivity index (χ3v) is 8.27. The highest BCUT2D eigenvalue weighted by Crippen LogP contribution is 2.50. The topological polar surface area (TPSA) is 33.6 Å². The monoisotopic (exact) mass is 582 g/mol. The molecule has 6 rings (SSSR count). The lowest BCUT2D eigenvalue weighted by Crippen LogP contribution is -2.29. The van der Waals surface area contributed by atoms with Crippen molar-refractivity contribution in [2.75, 3.05) is 5.32 Å². The molecule has 0 bridgehead atoms. The Bertz CT molecular complexity index is 1510. The van der Waals surface area contributed by atoms with E-state index in [1.807, 2.05) is 48.7 Å². The molecule has 1 aliphatic carbocycles. The molecule has 2 aliphatic rings. The van der Waals surface area contributed by atoms with Crippen LogP contribution in [0.3, 0.4) is 0 Å². The summed E-state index contributed by atoms with van der Waals surface area (Å²) >= 11 is 9.59. The van der Waals surface area contributed by atoms with Gasteiger partial charge in [0.25, 0.3) is 0 Å². The fourth-order valence-electron chi connectivity index (χ4n) is 5.42. The number of anilines is 1. The maximum Gasteiger partial charge on any atom is 0.134 e. The summed E-state index contributed by atoms with van der Waals surface area (Å²) < 4.78 is 6.86. The number of halogens is 2. The van der Waals surface area contributed by atoms with E-state index in [0.717, 1.165) is 38.5 Å². The second-order valence-electron chi connectivity index (χ2n) is 10.0. The van der Waals surface area contributed by atoms with E-state index in [-0.39, 0.29) is 0 Å². The number of benzene rings is 4. The fourth-order valence-corrected chi connectivity index (χ4v) is 6.05. The number of nitrogens with zero attached hydrogens (tertiary/aromatic N) is 1. The van der Waals surface area contributed by atoms with Crippen molar-refractivity contribution in [1.29, 1.82) is 0 Å². The van der Waals surface area contributed by atoms with Gasteiger partial charge in [0.05, 0.1) is 16.2 Å². The highest BCUT2D eigenvalue weighted by molar-refractivity contribution is 9.10. The summed E-state index contributed by atoms with van der Waals surface area (Å²) in [5.74, 6) is 1.81. The summed E-state index contributed by atoms with van der Waals surface area (Å²) in [6, 6.07) is 29.3. The van der Waals surface area contributed by atoms with E-state index in [0.29, 0.717) is 24.5 Å². The quantitative estimate of drug-likeness (QED) is 0.181. The van der Waals surface area contributed by atoms with Crippen LogP contribution in [-0.2, 0) is 6.61 Å². The van der Waals surface area contributed by atoms with Crippen molar-refractivity contribution in [3.8, 4) is 5.75 Å². The molecule has 5 heteroatoms. The maximum absolute atomic E-state index is 5.96. The molecule has 0 radical (unpaired) electrons. The smallest absolute Gasteiger partial charge is 0.134 e. The fraction of sp³-hybridized carbons (Fsp3) is 0.182. The van der Waals surface area contributed by atoms with Gasteiger partial charge < -0.3 is 10.1 Å². The van der Waals surface area contributed by atoms with Crippen molar-refractivity contribution in [2.45, 2.75) is 31.9 Å². The van der Waals surface area contributed by atoms with Gasteiger partial charge in [-0.1, -0.05) is 65.7 Å². The van der Waals surface area contributed by atoms with Crippen molar-refractivity contribution in [2.24, 2.45) is 10.9 Å². The average molecular weight is 584 g/mol. The van der Waals surface area contributed by atoms with Gasteiger partial charge in [-0.2, -0.15) is 0 Å². The zero-order chi connectivity index (χ0) is 26.1. The molecule has 1 heterocycles. The minimum absolute atomic E-state index is 0.291. The molecule has 0 unspecified atom stereocenters. The van der Waals surface area contributed by atoms with Crippen LogP contribution in [0.4, 0.5) is 11.4 Å². The van der Waals surface area contributed by atoms with Crippen LogP contribution in [0, 0.1) is 12.8 Å². The Kier molecular flexibility index (Phi) is 7.10. The van der Waals surface area contributed by atoms with E-state index in [9.17, 15) is 0 Å². The Labute approximate surface area is 237 Å². The van der Waals surface area contributed by atoms with E-state index in [4.69, 9.17) is 21.3 Å². The predicted octanol–water partition coefficient (Wildman–Crippen LogP) is 9.57. The Morgan fingerprint density at radius 1 is 1.00 bits per heavy atom. The van der Waals surface area contributed by atoms with Gasteiger partial charge in [-0.3, -0.25) is 4.99 Å². The molecule has 0 saturated heterocycles. The van der Waals surface area contributed by atoms with E-state index in [1.165, 1.54) is 22.4 Å². The van der Waals surface area contributed by atoms with E-state index < -0.39 is 0 Å². The Hall–Kier alpha value is -3.34. The first kappa shape index (κ1) is 25.0. The Morgan fingerprint density at radius 3 is 2.61 bits per heavy atom. The van der Waals surface area contributed by atoms with Gasteiger partial charge >= 0.3 is 0 Å². The highest BCUT2D eigenvalue weighted by Gasteiger charge is 2.37. The van der Waals surface area contributed by atoms with Crippen LogP contribution in [0.2, 0.25) is 5.02 Å². The third-order valence-electron chi connectivity index (χ3n) is 7.40. The highest BCUT2D eigenvalue weighted by atomic mass is 79.9. The van der Waals surface area contributed by atoms with Gasteiger partial charge in [0, 0.05) is 22.8 Å². The molecular formula is C33H28BrClN2O. The van der Waals surface area contributed by atoms with Crippen molar-refractivity contribution >= 4 is 45.1 Å². The zero-order valence-electron chi connectivity index (χ0n) is 21.1. The van der Waals surface area contributed by atoms with Gasteiger partial charge in [0.1, 0.15) is 12.4 Å². The molecule has 1 N–H and O–H groups in total. The number of fused-ring (bicyclic) bond motifs is 3. The number of hydrogen-bond donors (Lipinski definition) is 1. The van der Waals surface area contributed by atoms with Crippen LogP contribution in [0.5, 0.6) is 5.75 Å². The molecule has 0 aromatic heterocycles. The largest absolute Gasteiger partial charge is 0.488 e. The van der Waals surface area contributed by atoms with Crippen molar-refractivity contribution < 1.29 is 4.74 Å². The van der Waals surface area contributed by atoms with Gasteiger partial charge in [0.2, 0.25) is 0 Å². The van der Waals surface area contributed by atoms with Gasteiger partial charge in [-0.15, -0.1) is 0 Å². The molecule has 4 aromatic carbocycles. The van der Waals surface area contributed by atoms with Crippen LogP contribution < -0.4 is 10.1 Å². The molecule has 190 valence electrons. The summed E-state index contributed by atoms with van der Waals surface area (Å²) in [7, 11) is 0. The first-order valence-corrected chi connectivity index (χ1v) is 14.1. The lowest BCUT2D eigenvalue weighted by Gasteiger charge is -2.37. The number of ether oxygens (including phenoxy) is 1. The third kappa shape index (κ3) is 5.29. The van der Waals surface area contributed by atoms with Crippen LogP contribution in [0.25, 0.3) is 0 Å². The number of allylic oxidation sites excluding steroid dienone is 2. The van der Waals surface area contributed by atoms with Gasteiger partial charge in [-0.25, -0.2) is 0 Å². The first-order chi connectivity index (χ1) is 18.5. The second-order valence-corrected chi connectivity index (χ2v) is 11.3. The van der Waals surface area contributed by atoms with E-state index in [1.54, 1.807) is 0 Å². The second kappa shape index (κ2) is 10.8. The lowest BCUT2D eigenvalue weighted by molar-refractivity contribution is 0.304. The number of aryl methyl sites for hydroxylation is 1. The molecule has 3 atom stereocenters. The molecule has 38 heavy (non-hydrogen) atoms. The van der Waals surface area contributed by atoms with Crippen molar-refractivity contribution in [3.63, 3.8) is 0 Å². The summed E-state index contributed by atoms with van der Waals surface area (Å²) in [5.41, 5.74) is 8.30. The van der Waals surface area contributed by atoms with Crippen LogP contribution in [0.15, 0.2) is 107 Å².